The second-order valence-corrected chi connectivity index (χ2v) is 3.83. The van der Waals surface area contributed by atoms with Gasteiger partial charge in [-0.3, -0.25) is 9.59 Å². The van der Waals surface area contributed by atoms with Crippen LogP contribution < -0.4 is 10.9 Å². The molecule has 0 aliphatic carbocycles. The highest BCUT2D eigenvalue weighted by molar-refractivity contribution is 5.91. The Morgan fingerprint density at radius 2 is 2.29 bits per heavy atom. The van der Waals surface area contributed by atoms with E-state index in [0.29, 0.717) is 6.42 Å². The molecule has 0 saturated heterocycles. The number of aliphatic hydroxyl groups is 1. The van der Waals surface area contributed by atoms with Gasteiger partial charge in [-0.25, -0.2) is 4.68 Å². The number of aryl methyl sites for hydroxylation is 1. The summed E-state index contributed by atoms with van der Waals surface area (Å²) in [7, 11) is 1.48. The molecule has 94 valence electrons. The van der Waals surface area contributed by atoms with Crippen LogP contribution in [0.3, 0.4) is 0 Å². The summed E-state index contributed by atoms with van der Waals surface area (Å²) in [6.07, 6.45) is 0.951. The molecule has 1 aromatic heterocycles. The number of nitrogens with zero attached hydrogens (tertiary/aromatic N) is 2. The Balaban J connectivity index is 2.58. The lowest BCUT2D eigenvalue weighted by atomic mass is 10.2. The average molecular weight is 239 g/mol. The van der Waals surface area contributed by atoms with E-state index in [4.69, 9.17) is 0 Å². The number of amides is 1. The monoisotopic (exact) mass is 239 g/mol. The molecule has 17 heavy (non-hydrogen) atoms. The van der Waals surface area contributed by atoms with Gasteiger partial charge in [0, 0.05) is 19.7 Å². The molecule has 0 saturated carbocycles. The second kappa shape index (κ2) is 6.15. The predicted octanol–water partition coefficient (Wildman–Crippen LogP) is -0.329. The molecule has 0 aliphatic heterocycles. The third-order valence-electron chi connectivity index (χ3n) is 2.31. The van der Waals surface area contributed by atoms with Crippen LogP contribution in [0.25, 0.3) is 0 Å². The summed E-state index contributed by atoms with van der Waals surface area (Å²) in [5.74, 6) is -0.393. The molecule has 1 unspecified atom stereocenters. The lowest BCUT2D eigenvalue weighted by molar-refractivity contribution is 0.0903. The molecule has 6 nitrogen and oxygen atoms in total. The van der Waals surface area contributed by atoms with Crippen LogP contribution in [0.2, 0.25) is 0 Å². The van der Waals surface area contributed by atoms with Gasteiger partial charge in [-0.1, -0.05) is 13.3 Å². The van der Waals surface area contributed by atoms with Gasteiger partial charge in [0.2, 0.25) is 0 Å². The van der Waals surface area contributed by atoms with Crippen LogP contribution in [0.1, 0.15) is 30.3 Å². The predicted molar refractivity (Wildman–Crippen MR) is 62.7 cm³/mol. The van der Waals surface area contributed by atoms with Gasteiger partial charge < -0.3 is 10.4 Å². The fourth-order valence-corrected chi connectivity index (χ4v) is 1.36. The molecular weight excluding hydrogens is 222 g/mol. The van der Waals surface area contributed by atoms with E-state index in [1.54, 1.807) is 0 Å². The van der Waals surface area contributed by atoms with Crippen LogP contribution in [-0.4, -0.2) is 33.4 Å². The summed E-state index contributed by atoms with van der Waals surface area (Å²) in [6.45, 7) is 2.15. The molecule has 0 bridgehead atoms. The standard InChI is InChI=1S/C11H17N3O3/c1-3-4-8(15)7-12-11(17)9-5-6-10(16)14(2)13-9/h5-6,8,15H,3-4,7H2,1-2H3,(H,12,17). The first kappa shape index (κ1) is 13.4. The maximum Gasteiger partial charge on any atom is 0.271 e. The van der Waals surface area contributed by atoms with Crippen molar-refractivity contribution in [2.24, 2.45) is 7.05 Å². The number of hydrogen-bond donors (Lipinski definition) is 2. The van der Waals surface area contributed by atoms with Gasteiger partial charge in [0.25, 0.3) is 11.5 Å². The highest BCUT2D eigenvalue weighted by Gasteiger charge is 2.10. The molecule has 1 heterocycles. The molecule has 0 fully saturated rings. The number of nitrogens with one attached hydrogen (secondary N) is 1. The third-order valence-corrected chi connectivity index (χ3v) is 2.31. The molecule has 0 spiro atoms. The Hall–Kier alpha value is -1.69. The summed E-state index contributed by atoms with van der Waals surface area (Å²) in [6, 6.07) is 2.65. The van der Waals surface area contributed by atoms with Crippen molar-refractivity contribution < 1.29 is 9.90 Å². The van der Waals surface area contributed by atoms with Gasteiger partial charge >= 0.3 is 0 Å². The maximum atomic E-state index is 11.6. The highest BCUT2D eigenvalue weighted by atomic mass is 16.3. The topological polar surface area (TPSA) is 84.2 Å². The van der Waals surface area contributed by atoms with Crippen molar-refractivity contribution in [2.75, 3.05) is 6.54 Å². The number of rotatable bonds is 5. The minimum atomic E-state index is -0.545. The van der Waals surface area contributed by atoms with E-state index in [1.165, 1.54) is 19.2 Å². The lowest BCUT2D eigenvalue weighted by Crippen LogP contribution is -2.33. The molecule has 0 radical (unpaired) electrons. The van der Waals surface area contributed by atoms with E-state index in [0.717, 1.165) is 11.1 Å². The van der Waals surface area contributed by atoms with E-state index >= 15 is 0 Å². The first-order chi connectivity index (χ1) is 8.04. The largest absolute Gasteiger partial charge is 0.391 e. The summed E-state index contributed by atoms with van der Waals surface area (Å²) >= 11 is 0. The average Bonchev–Trinajstić information content (AvgIpc) is 2.30. The molecule has 1 rings (SSSR count). The van der Waals surface area contributed by atoms with Crippen LogP contribution in [0.5, 0.6) is 0 Å². The van der Waals surface area contributed by atoms with E-state index in [1.807, 2.05) is 6.92 Å². The van der Waals surface area contributed by atoms with E-state index in [2.05, 4.69) is 10.4 Å². The SMILES string of the molecule is CCCC(O)CNC(=O)c1ccc(=O)n(C)n1. The quantitative estimate of drug-likeness (QED) is 0.737. The Morgan fingerprint density at radius 3 is 2.88 bits per heavy atom. The summed E-state index contributed by atoms with van der Waals surface area (Å²) in [5.41, 5.74) is -0.108. The fraction of sp³-hybridized carbons (Fsp3) is 0.545. The van der Waals surface area contributed by atoms with Gasteiger partial charge in [-0.2, -0.15) is 5.10 Å². The van der Waals surface area contributed by atoms with Crippen LogP contribution in [0, 0.1) is 0 Å². The number of carbonyl (C=O) groups excluding carboxylic acids is 1. The summed E-state index contributed by atoms with van der Waals surface area (Å²) in [4.78, 5) is 22.7. The summed E-state index contributed by atoms with van der Waals surface area (Å²) < 4.78 is 1.09. The third kappa shape index (κ3) is 3.99. The smallest absolute Gasteiger partial charge is 0.271 e. The van der Waals surface area contributed by atoms with Crippen LogP contribution in [-0.2, 0) is 7.05 Å². The minimum absolute atomic E-state index is 0.163. The second-order valence-electron chi connectivity index (χ2n) is 3.83. The van der Waals surface area contributed by atoms with E-state index in [-0.39, 0.29) is 17.8 Å². The minimum Gasteiger partial charge on any atom is -0.391 e. The molecule has 0 aromatic carbocycles. The van der Waals surface area contributed by atoms with Gasteiger partial charge in [0.1, 0.15) is 5.69 Å². The molecule has 2 N–H and O–H groups in total. The number of hydrogen-bond acceptors (Lipinski definition) is 4. The van der Waals surface area contributed by atoms with Gasteiger partial charge in [-0.15, -0.1) is 0 Å². The molecule has 6 heteroatoms. The van der Waals surface area contributed by atoms with Crippen molar-refractivity contribution in [2.45, 2.75) is 25.9 Å². The zero-order valence-electron chi connectivity index (χ0n) is 10.0. The summed E-state index contributed by atoms with van der Waals surface area (Å²) in [5, 5.41) is 15.8. The zero-order valence-corrected chi connectivity index (χ0v) is 10.0. The Labute approximate surface area is 99.3 Å². The number of aliphatic hydroxyl groups excluding tert-OH is 1. The van der Waals surface area contributed by atoms with Crippen molar-refractivity contribution in [3.63, 3.8) is 0 Å². The molecule has 1 amide bonds. The normalized spacial score (nSPS) is 12.2. The fourth-order valence-electron chi connectivity index (χ4n) is 1.36. The lowest BCUT2D eigenvalue weighted by Gasteiger charge is -2.10. The Morgan fingerprint density at radius 1 is 1.59 bits per heavy atom. The van der Waals surface area contributed by atoms with Crippen molar-refractivity contribution in [3.05, 3.63) is 28.2 Å². The van der Waals surface area contributed by atoms with Crippen LogP contribution in [0.4, 0.5) is 0 Å². The Bertz CT molecular complexity index is 442. The van der Waals surface area contributed by atoms with Crippen LogP contribution in [0.15, 0.2) is 16.9 Å². The molecule has 1 aromatic rings. The van der Waals surface area contributed by atoms with Crippen LogP contribution >= 0.6 is 0 Å². The first-order valence-electron chi connectivity index (χ1n) is 5.55. The van der Waals surface area contributed by atoms with Crippen molar-refractivity contribution in [3.8, 4) is 0 Å². The van der Waals surface area contributed by atoms with Gasteiger partial charge in [0.05, 0.1) is 6.10 Å². The molecule has 0 aliphatic rings. The highest BCUT2D eigenvalue weighted by Crippen LogP contribution is 1.95. The van der Waals surface area contributed by atoms with Gasteiger partial charge in [-0.05, 0) is 12.5 Å². The number of carbonyl (C=O) groups is 1. The van der Waals surface area contributed by atoms with Gasteiger partial charge in [0.15, 0.2) is 0 Å². The first-order valence-corrected chi connectivity index (χ1v) is 5.55. The zero-order chi connectivity index (χ0) is 12.8. The van der Waals surface area contributed by atoms with Crippen molar-refractivity contribution in [1.82, 2.24) is 15.1 Å². The van der Waals surface area contributed by atoms with Crippen molar-refractivity contribution >= 4 is 5.91 Å². The molecule has 1 atom stereocenters. The van der Waals surface area contributed by atoms with E-state index < -0.39 is 12.0 Å². The molecular formula is C11H17N3O3. The maximum absolute atomic E-state index is 11.6. The number of aromatic nitrogens is 2. The van der Waals surface area contributed by atoms with E-state index in [9.17, 15) is 14.7 Å². The Kier molecular flexibility index (Phi) is 4.84. The van der Waals surface area contributed by atoms with Crippen molar-refractivity contribution in [1.29, 1.82) is 0 Å².